The van der Waals surface area contributed by atoms with Crippen LogP contribution in [0.15, 0.2) is 160 Å². The molecule has 0 aliphatic heterocycles. The van der Waals surface area contributed by atoms with Gasteiger partial charge in [0.2, 0.25) is 0 Å². The number of aryl methyl sites for hydroxylation is 3. The lowest BCUT2D eigenvalue weighted by Crippen LogP contribution is -2.19. The molecule has 0 atom stereocenters. The summed E-state index contributed by atoms with van der Waals surface area (Å²) < 4.78 is 132. The van der Waals surface area contributed by atoms with Crippen LogP contribution in [-0.4, -0.2) is 46.6 Å². The van der Waals surface area contributed by atoms with E-state index in [-0.39, 0.29) is 70.5 Å². The Bertz CT molecular complexity index is 4480. The van der Waals surface area contributed by atoms with E-state index >= 15 is 25.3 Å². The fraction of sp³-hybridized carbons (Fsp3) is 0.400. The number of hydrogen-bond donors (Lipinski definition) is 0. The summed E-state index contributed by atoms with van der Waals surface area (Å²) in [5.74, 6) is 1.97. The Morgan fingerprint density at radius 2 is 0.362 bits per heavy atom. The van der Waals surface area contributed by atoms with Crippen molar-refractivity contribution in [3.63, 3.8) is 0 Å². The molecule has 9 aromatic rings. The molecule has 0 saturated carbocycles. The molecular weight excluding hydrogens is 1370 g/mol. The van der Waals surface area contributed by atoms with Crippen LogP contribution in [0.2, 0.25) is 0 Å². The molecule has 9 aromatic carbocycles. The third-order valence-electron chi connectivity index (χ3n) is 20.1. The lowest BCUT2D eigenvalue weighted by Gasteiger charge is -2.28. The van der Waals surface area contributed by atoms with Gasteiger partial charge < -0.3 is 26.8 Å². The van der Waals surface area contributed by atoms with E-state index in [4.69, 9.17) is 26.8 Å². The highest BCUT2D eigenvalue weighted by Crippen LogP contribution is 2.48. The topological polar surface area (TPSA) is 158 Å². The first-order valence-electron chi connectivity index (χ1n) is 36.2. The molecule has 0 aromatic heterocycles. The summed E-state index contributed by atoms with van der Waals surface area (Å²) >= 11 is 0. The van der Waals surface area contributed by atoms with E-state index in [0.717, 1.165) is 83.5 Å². The number of benzene rings is 9. The van der Waals surface area contributed by atoms with Crippen LogP contribution in [0.5, 0.6) is 34.5 Å². The van der Waals surface area contributed by atoms with Crippen molar-refractivity contribution >= 4 is 30.4 Å². The van der Waals surface area contributed by atoms with Gasteiger partial charge in [0.05, 0.1) is 21.3 Å². The first kappa shape index (κ1) is 79.2. The average molecular weight is 1480 g/mol. The van der Waals surface area contributed by atoms with Gasteiger partial charge in [0.25, 0.3) is 0 Å². The maximum atomic E-state index is 15.3. The molecule has 0 heterocycles. The van der Waals surface area contributed by atoms with E-state index < -0.39 is 62.8 Å². The smallest absolute Gasteiger partial charge is 0.339 e. The quantitative estimate of drug-likeness (QED) is 0.107. The second-order valence-electron chi connectivity index (χ2n) is 35.0. The highest BCUT2D eigenvalue weighted by Gasteiger charge is 2.35. The highest BCUT2D eigenvalue weighted by atomic mass is 32.2. The molecule has 12 bridgehead atoms. The van der Waals surface area contributed by atoms with Crippen molar-refractivity contribution in [1.29, 1.82) is 0 Å². The molecular formula is C90H108O12S3. The molecule has 0 radical (unpaired) electrons. The Morgan fingerprint density at radius 3 is 0.486 bits per heavy atom. The monoisotopic (exact) mass is 1480 g/mol. The van der Waals surface area contributed by atoms with Crippen LogP contribution in [0.4, 0.5) is 0 Å². The SMILES string of the molecule is COc1c2cc(C(C)(C)C)cc1Cc1cc(C(C)(C)C)cc(c1OS(=O)(=O)c1ccc(C)cc1)Cc1cc(C(C)(C)C)cc(c1OC)Cc1cc(C(C)(C)C)cc(c1OS(=O)(=O)c1ccc(C)cc1)Cc1cc(C(C)(C)C)cc(c1OC)Cc1cc(C(C)(C)C)cc(c1OS(=O)(=O)c1ccc(C)cc1)C2. The zero-order chi connectivity index (χ0) is 77.3. The van der Waals surface area contributed by atoms with Crippen LogP contribution >= 0.6 is 0 Å². The summed E-state index contributed by atoms with van der Waals surface area (Å²) in [5, 5.41) is 0. The molecule has 0 unspecified atom stereocenters. The summed E-state index contributed by atoms with van der Waals surface area (Å²) in [6, 6.07) is 44.9. The molecule has 1 aliphatic carbocycles. The zero-order valence-corrected chi connectivity index (χ0v) is 68.7. The van der Waals surface area contributed by atoms with Gasteiger partial charge in [-0.15, -0.1) is 0 Å². The van der Waals surface area contributed by atoms with E-state index in [1.54, 1.807) is 94.1 Å². The number of fused-ring (bicyclic) bond motifs is 12. The summed E-state index contributed by atoms with van der Waals surface area (Å²) in [6.45, 7) is 44.2. The van der Waals surface area contributed by atoms with Crippen LogP contribution in [0.25, 0.3) is 0 Å². The first-order valence-corrected chi connectivity index (χ1v) is 40.4. The van der Waals surface area contributed by atoms with E-state index in [0.29, 0.717) is 50.6 Å². The number of hydrogen-bond acceptors (Lipinski definition) is 12. The van der Waals surface area contributed by atoms with Gasteiger partial charge >= 0.3 is 30.4 Å². The fourth-order valence-electron chi connectivity index (χ4n) is 13.6. The van der Waals surface area contributed by atoms with Gasteiger partial charge in [-0.3, -0.25) is 0 Å². The maximum absolute atomic E-state index is 15.3. The minimum absolute atomic E-state index is 0.0207. The standard InChI is InChI=1S/C90H108O12S3/c1-55-25-31-76(32-26-55)103(91,92)100-82-64-37-58-43-70(85(4,5)6)45-60(79(58)97-22)39-66-51-74(89(16,17)18)53-68(83(66)101-104(93,94)77-33-27-56(2)28-34-77)41-62-47-72(87(10,11)12)48-63(81(62)99-24)42-69-54-75(90(19,20)21)52-67(84(69)102-105(95,96)78-35-29-57(3)30-36-78)40-61-46-71(86(7,8)9)44-59(80(61)98-23)38-65(82)50-73(49-64)88(13,14)15/h25-36,43-54H,37-42H2,1-24H3. The largest absolute Gasteiger partial charge is 0.496 e. The Labute approximate surface area is 627 Å². The molecule has 558 valence electrons. The van der Waals surface area contributed by atoms with Crippen LogP contribution in [-0.2, 0) is 101 Å². The van der Waals surface area contributed by atoms with Gasteiger partial charge in [-0.25, -0.2) is 0 Å². The molecule has 10 rings (SSSR count). The highest BCUT2D eigenvalue weighted by molar-refractivity contribution is 7.87. The minimum atomic E-state index is -4.56. The van der Waals surface area contributed by atoms with Gasteiger partial charge in [0.1, 0.15) is 49.2 Å². The lowest BCUT2D eigenvalue weighted by atomic mass is 9.79. The van der Waals surface area contributed by atoms with Gasteiger partial charge in [-0.1, -0.05) is 251 Å². The average Bonchev–Trinajstić information content (AvgIpc) is 0.763. The van der Waals surface area contributed by atoms with Crippen molar-refractivity contribution in [3.05, 3.63) is 262 Å². The van der Waals surface area contributed by atoms with Gasteiger partial charge in [-0.05, 0) is 156 Å². The van der Waals surface area contributed by atoms with E-state index in [1.165, 1.54) is 0 Å². The van der Waals surface area contributed by atoms with Gasteiger partial charge in [0.15, 0.2) is 0 Å². The van der Waals surface area contributed by atoms with Crippen LogP contribution in [0.1, 0.15) is 241 Å². The lowest BCUT2D eigenvalue weighted by molar-refractivity contribution is 0.404. The third-order valence-corrected chi connectivity index (χ3v) is 23.8. The minimum Gasteiger partial charge on any atom is -0.496 e. The van der Waals surface area contributed by atoms with E-state index in [1.807, 2.05) is 57.2 Å². The van der Waals surface area contributed by atoms with Crippen LogP contribution in [0.3, 0.4) is 0 Å². The van der Waals surface area contributed by atoms with E-state index in [2.05, 4.69) is 161 Å². The van der Waals surface area contributed by atoms with Crippen molar-refractivity contribution in [2.24, 2.45) is 0 Å². The van der Waals surface area contributed by atoms with Crippen molar-refractivity contribution < 1.29 is 52.0 Å². The molecule has 15 heteroatoms. The van der Waals surface area contributed by atoms with Crippen molar-refractivity contribution in [1.82, 2.24) is 0 Å². The Hall–Kier alpha value is -8.37. The second kappa shape index (κ2) is 29.1. The summed E-state index contributed by atoms with van der Waals surface area (Å²) in [6.07, 6.45) is 0.700. The van der Waals surface area contributed by atoms with Crippen LogP contribution < -0.4 is 26.8 Å². The molecule has 1 aliphatic rings. The fourth-order valence-corrected chi connectivity index (χ4v) is 16.6. The number of ether oxygens (including phenoxy) is 3. The summed E-state index contributed by atoms with van der Waals surface area (Å²) in [7, 11) is -8.76. The van der Waals surface area contributed by atoms with E-state index in [9.17, 15) is 0 Å². The van der Waals surface area contributed by atoms with Crippen LogP contribution in [0, 0.1) is 20.8 Å². The number of rotatable bonds is 12. The van der Waals surface area contributed by atoms with Gasteiger partial charge in [0, 0.05) is 71.9 Å². The second-order valence-corrected chi connectivity index (χ2v) is 39.6. The molecule has 0 fully saturated rings. The first-order chi connectivity index (χ1) is 48.6. The summed E-state index contributed by atoms with van der Waals surface area (Å²) in [4.78, 5) is -0.0622. The molecule has 12 nitrogen and oxygen atoms in total. The van der Waals surface area contributed by atoms with Crippen molar-refractivity contribution in [2.75, 3.05) is 21.3 Å². The molecule has 0 amide bonds. The molecule has 0 saturated heterocycles. The third kappa shape index (κ3) is 17.9. The molecule has 0 N–H and O–H groups in total. The maximum Gasteiger partial charge on any atom is 0.339 e. The number of methoxy groups -OCH3 is 3. The molecule has 0 spiro atoms. The predicted octanol–water partition coefficient (Wildman–Crippen LogP) is 20.6. The van der Waals surface area contributed by atoms with Gasteiger partial charge in [-0.2, -0.15) is 25.3 Å². The Kier molecular flexibility index (Phi) is 21.9. The zero-order valence-electron chi connectivity index (χ0n) is 66.2. The Morgan fingerprint density at radius 1 is 0.229 bits per heavy atom. The summed E-state index contributed by atoms with van der Waals surface area (Å²) in [5.41, 5.74) is 13.1. The molecule has 105 heavy (non-hydrogen) atoms. The van der Waals surface area contributed by atoms with Crippen molar-refractivity contribution in [2.45, 2.75) is 231 Å². The normalized spacial score (nSPS) is 13.7. The van der Waals surface area contributed by atoms with Crippen molar-refractivity contribution in [3.8, 4) is 34.5 Å². The predicted molar refractivity (Wildman–Crippen MR) is 424 cm³/mol. The Balaban J connectivity index is 1.40.